The lowest BCUT2D eigenvalue weighted by Crippen LogP contribution is -2.18. The van der Waals surface area contributed by atoms with E-state index in [9.17, 15) is 16.8 Å². The van der Waals surface area contributed by atoms with Crippen molar-refractivity contribution in [3.63, 3.8) is 0 Å². The summed E-state index contributed by atoms with van der Waals surface area (Å²) in [6.07, 6.45) is 5.93. The van der Waals surface area contributed by atoms with Gasteiger partial charge in [-0.1, -0.05) is 18.2 Å². The molecular formula is C36H46N4O6S4. The van der Waals surface area contributed by atoms with E-state index in [1.165, 1.54) is 15.9 Å². The van der Waals surface area contributed by atoms with Crippen LogP contribution in [0.25, 0.3) is 6.08 Å². The van der Waals surface area contributed by atoms with E-state index in [0.29, 0.717) is 19.5 Å². The third kappa shape index (κ3) is 15.3. The Morgan fingerprint density at radius 3 is 1.54 bits per heavy atom. The van der Waals surface area contributed by atoms with E-state index in [1.54, 1.807) is 29.6 Å². The SMILES string of the molecule is CSc1ccc(Oc2ccc(/C=C/S(N)(=O)=O)cc2CN(C)C)cc1.CSc1ccc(Oc2ccc(CCS(N)(=O)=O)cc2CN(C)C)cc1. The molecule has 4 N–H and O–H groups in total. The molecule has 0 saturated carbocycles. The molecule has 0 bridgehead atoms. The lowest BCUT2D eigenvalue weighted by Gasteiger charge is -2.16. The van der Waals surface area contributed by atoms with Gasteiger partial charge in [0.05, 0.1) is 5.75 Å². The minimum Gasteiger partial charge on any atom is -0.457 e. The fourth-order valence-corrected chi connectivity index (χ4v) is 6.28. The maximum absolute atomic E-state index is 11.2. The van der Waals surface area contributed by atoms with Crippen LogP contribution in [0.3, 0.4) is 0 Å². The topological polar surface area (TPSA) is 145 Å². The molecule has 0 spiro atoms. The molecule has 0 aromatic heterocycles. The van der Waals surface area contributed by atoms with Gasteiger partial charge in [-0.2, -0.15) is 0 Å². The lowest BCUT2D eigenvalue weighted by atomic mass is 10.1. The molecule has 270 valence electrons. The molecule has 4 aromatic rings. The highest BCUT2D eigenvalue weighted by Gasteiger charge is 2.11. The Kier molecular flexibility index (Phi) is 15.9. The van der Waals surface area contributed by atoms with Crippen molar-refractivity contribution in [1.29, 1.82) is 0 Å². The van der Waals surface area contributed by atoms with Crippen LogP contribution in [0, 0.1) is 0 Å². The number of benzene rings is 4. The zero-order chi connectivity index (χ0) is 36.9. The van der Waals surface area contributed by atoms with Crippen molar-refractivity contribution in [3.8, 4) is 23.0 Å². The van der Waals surface area contributed by atoms with E-state index < -0.39 is 20.0 Å². The van der Waals surface area contributed by atoms with Gasteiger partial charge in [0, 0.05) is 39.4 Å². The Balaban J connectivity index is 0.000000270. The molecule has 50 heavy (non-hydrogen) atoms. The molecule has 0 fully saturated rings. The second-order valence-electron chi connectivity index (χ2n) is 11.8. The molecular weight excluding hydrogens is 713 g/mol. The molecule has 0 unspecified atom stereocenters. The highest BCUT2D eigenvalue weighted by molar-refractivity contribution is 7.98. The zero-order valence-corrected chi connectivity index (χ0v) is 32.5. The summed E-state index contributed by atoms with van der Waals surface area (Å²) >= 11 is 3.36. The van der Waals surface area contributed by atoms with Gasteiger partial charge in [-0.15, -0.1) is 23.5 Å². The first-order valence-corrected chi connectivity index (χ1v) is 21.2. The molecule has 0 aliphatic rings. The van der Waals surface area contributed by atoms with E-state index in [1.807, 2.05) is 129 Å². The monoisotopic (exact) mass is 758 g/mol. The van der Waals surface area contributed by atoms with Crippen LogP contribution in [0.5, 0.6) is 23.0 Å². The van der Waals surface area contributed by atoms with Gasteiger partial charge < -0.3 is 19.3 Å². The standard InChI is InChI=1S/C18H24N2O3S2.C18H22N2O3S2/c2*1-20(2)13-15-12-14(10-11-25(19,21)22)4-9-18(15)23-16-5-7-17(24-3)8-6-16/h4-9,12H,10-11,13H2,1-3H3,(H2,19,21,22);4-12H,13H2,1-3H3,(H2,19,21,22)/b;11-10+. The van der Waals surface area contributed by atoms with Crippen LogP contribution >= 0.6 is 23.5 Å². The summed E-state index contributed by atoms with van der Waals surface area (Å²) in [5, 5.41) is 11.1. The summed E-state index contributed by atoms with van der Waals surface area (Å²) in [7, 11) is 0.770. The summed E-state index contributed by atoms with van der Waals surface area (Å²) in [4.78, 5) is 6.41. The van der Waals surface area contributed by atoms with Gasteiger partial charge in [0.2, 0.25) is 20.0 Å². The summed E-state index contributed by atoms with van der Waals surface area (Å²) in [6.45, 7) is 1.36. The first-order valence-electron chi connectivity index (χ1n) is 15.4. The fraction of sp³-hybridized carbons (Fsp3) is 0.278. The van der Waals surface area contributed by atoms with E-state index in [-0.39, 0.29) is 5.75 Å². The number of rotatable bonds is 15. The number of thioether (sulfide) groups is 2. The van der Waals surface area contributed by atoms with Crippen LogP contribution in [0.15, 0.2) is 100 Å². The van der Waals surface area contributed by atoms with Crippen molar-refractivity contribution in [2.45, 2.75) is 29.3 Å². The first kappa shape index (κ1) is 41.1. The van der Waals surface area contributed by atoms with Gasteiger partial charge >= 0.3 is 0 Å². The quantitative estimate of drug-likeness (QED) is 0.127. The minimum absolute atomic E-state index is 0.0647. The second kappa shape index (κ2) is 19.3. The van der Waals surface area contributed by atoms with Crippen molar-refractivity contribution < 1.29 is 26.3 Å². The predicted octanol–water partition coefficient (Wildman–Crippen LogP) is 6.62. The molecule has 0 amide bonds. The third-order valence-electron chi connectivity index (χ3n) is 6.88. The normalized spacial score (nSPS) is 11.9. The van der Waals surface area contributed by atoms with E-state index in [4.69, 9.17) is 19.8 Å². The summed E-state index contributed by atoms with van der Waals surface area (Å²) in [5.74, 6) is 2.97. The molecule has 4 aromatic carbocycles. The zero-order valence-electron chi connectivity index (χ0n) is 29.2. The van der Waals surface area contributed by atoms with Gasteiger partial charge in [0.15, 0.2) is 0 Å². The van der Waals surface area contributed by atoms with Crippen LogP contribution in [0.4, 0.5) is 0 Å². The van der Waals surface area contributed by atoms with E-state index in [0.717, 1.165) is 50.7 Å². The van der Waals surface area contributed by atoms with Crippen molar-refractivity contribution in [1.82, 2.24) is 9.80 Å². The molecule has 4 rings (SSSR count). The number of nitrogens with zero attached hydrogens (tertiary/aromatic N) is 2. The van der Waals surface area contributed by atoms with Crippen molar-refractivity contribution >= 4 is 49.6 Å². The number of ether oxygens (including phenoxy) is 2. The Morgan fingerprint density at radius 1 is 0.660 bits per heavy atom. The highest BCUT2D eigenvalue weighted by atomic mass is 32.2. The Bertz CT molecular complexity index is 1930. The lowest BCUT2D eigenvalue weighted by molar-refractivity contribution is 0.388. The van der Waals surface area contributed by atoms with Crippen molar-refractivity contribution in [2.24, 2.45) is 10.3 Å². The van der Waals surface area contributed by atoms with Crippen LogP contribution < -0.4 is 19.8 Å². The van der Waals surface area contributed by atoms with Gasteiger partial charge in [-0.3, -0.25) is 0 Å². The van der Waals surface area contributed by atoms with Gasteiger partial charge in [0.25, 0.3) is 0 Å². The number of aryl methyl sites for hydroxylation is 1. The molecule has 0 saturated heterocycles. The molecule has 0 heterocycles. The van der Waals surface area contributed by atoms with Crippen LogP contribution in [-0.2, 0) is 39.6 Å². The number of nitrogens with two attached hydrogens (primary N) is 2. The number of primary sulfonamides is 2. The van der Waals surface area contributed by atoms with Crippen molar-refractivity contribution in [2.75, 3.05) is 46.5 Å². The first-order chi connectivity index (χ1) is 23.5. The maximum atomic E-state index is 11.2. The molecule has 0 radical (unpaired) electrons. The van der Waals surface area contributed by atoms with Crippen LogP contribution in [0.1, 0.15) is 22.3 Å². The van der Waals surface area contributed by atoms with E-state index >= 15 is 0 Å². The smallest absolute Gasteiger partial charge is 0.231 e. The second-order valence-corrected chi connectivity index (χ2v) is 16.8. The average Bonchev–Trinajstić information content (AvgIpc) is 3.04. The number of hydrogen-bond donors (Lipinski definition) is 2. The molecule has 0 atom stereocenters. The van der Waals surface area contributed by atoms with Crippen LogP contribution in [-0.4, -0.2) is 73.1 Å². The number of sulfonamides is 2. The van der Waals surface area contributed by atoms with Crippen molar-refractivity contribution in [3.05, 3.63) is 113 Å². The van der Waals surface area contributed by atoms with Gasteiger partial charge in [0.1, 0.15) is 23.0 Å². The van der Waals surface area contributed by atoms with E-state index in [2.05, 4.69) is 0 Å². The average molecular weight is 759 g/mol. The Morgan fingerprint density at radius 2 is 1.12 bits per heavy atom. The highest BCUT2D eigenvalue weighted by Crippen LogP contribution is 2.30. The summed E-state index contributed by atoms with van der Waals surface area (Å²) in [5.41, 5.74) is 3.63. The molecule has 0 aliphatic carbocycles. The Labute approximate surface area is 305 Å². The predicted molar refractivity (Wildman–Crippen MR) is 208 cm³/mol. The fourth-order valence-electron chi connectivity index (χ4n) is 4.59. The molecule has 14 heteroatoms. The van der Waals surface area contributed by atoms with Gasteiger partial charge in [-0.05, 0) is 131 Å². The molecule has 10 nitrogen and oxygen atoms in total. The summed E-state index contributed by atoms with van der Waals surface area (Å²) in [6, 6.07) is 27.1. The summed E-state index contributed by atoms with van der Waals surface area (Å²) < 4.78 is 56.5. The number of hydrogen-bond acceptors (Lipinski definition) is 10. The third-order valence-corrected chi connectivity index (χ3v) is 9.66. The maximum Gasteiger partial charge on any atom is 0.231 e. The largest absolute Gasteiger partial charge is 0.457 e. The van der Waals surface area contributed by atoms with Gasteiger partial charge in [-0.25, -0.2) is 27.1 Å². The Hall–Kier alpha value is -3.34. The molecule has 0 aliphatic heterocycles. The minimum atomic E-state index is -3.65. The van der Waals surface area contributed by atoms with Crippen LogP contribution in [0.2, 0.25) is 0 Å².